The second-order valence-electron chi connectivity index (χ2n) is 6.81. The van der Waals surface area contributed by atoms with E-state index in [0.29, 0.717) is 12.2 Å². The number of para-hydroxylation sites is 2. The molecule has 29 heavy (non-hydrogen) atoms. The molecule has 144 valence electrons. The topological polar surface area (TPSA) is 59.7 Å². The van der Waals surface area contributed by atoms with Crippen molar-refractivity contribution in [1.82, 2.24) is 9.97 Å². The fourth-order valence-corrected chi connectivity index (χ4v) is 3.11. The lowest BCUT2D eigenvalue weighted by Gasteiger charge is -2.09. The zero-order valence-electron chi connectivity index (χ0n) is 16.5. The number of nitrogens with zero attached hydrogens (tertiary/aromatic N) is 4. The van der Waals surface area contributed by atoms with Crippen LogP contribution in [-0.2, 0) is 6.42 Å². The van der Waals surface area contributed by atoms with E-state index in [9.17, 15) is 0 Å². The summed E-state index contributed by atoms with van der Waals surface area (Å²) in [5.41, 5.74) is 4.72. The van der Waals surface area contributed by atoms with E-state index < -0.39 is 0 Å². The Bertz CT molecular complexity index is 1120. The molecule has 0 aliphatic carbocycles. The number of rotatable bonds is 6. The lowest BCUT2D eigenvalue weighted by atomic mass is 10.1. The molecule has 1 heterocycles. The maximum Gasteiger partial charge on any atom is 0.196 e. The molecule has 0 radical (unpaired) electrons. The second-order valence-corrected chi connectivity index (χ2v) is 6.81. The van der Waals surface area contributed by atoms with E-state index in [4.69, 9.17) is 14.7 Å². The smallest absolute Gasteiger partial charge is 0.196 e. The fourth-order valence-electron chi connectivity index (χ4n) is 3.11. The molecular formula is C24H22N4O. The average molecular weight is 382 g/mol. The number of azo groups is 1. The number of methoxy groups -OCH3 is 1. The first-order valence-electron chi connectivity index (χ1n) is 9.57. The summed E-state index contributed by atoms with van der Waals surface area (Å²) in [7, 11) is 1.66. The van der Waals surface area contributed by atoms with Gasteiger partial charge in [-0.2, -0.15) is 5.11 Å². The molecule has 0 saturated carbocycles. The number of aromatic nitrogens is 2. The summed E-state index contributed by atoms with van der Waals surface area (Å²) in [5, 5.41) is 9.00. The second kappa shape index (κ2) is 8.61. The molecule has 0 N–H and O–H groups in total. The Hall–Kier alpha value is -3.60. The van der Waals surface area contributed by atoms with Gasteiger partial charge in [0.15, 0.2) is 5.82 Å². The van der Waals surface area contributed by atoms with Gasteiger partial charge < -0.3 is 4.74 Å². The molecule has 1 unspecified atom stereocenters. The third-order valence-electron chi connectivity index (χ3n) is 4.76. The summed E-state index contributed by atoms with van der Waals surface area (Å²) in [6.45, 7) is 2.01. The molecule has 0 spiro atoms. The molecule has 1 atom stereocenters. The molecular weight excluding hydrogens is 360 g/mol. The third-order valence-corrected chi connectivity index (χ3v) is 4.76. The molecule has 4 aromatic rings. The first-order chi connectivity index (χ1) is 14.2. The van der Waals surface area contributed by atoms with Gasteiger partial charge in [0, 0.05) is 6.42 Å². The number of hydrogen-bond acceptors (Lipinski definition) is 5. The molecule has 0 aliphatic heterocycles. The highest BCUT2D eigenvalue weighted by Gasteiger charge is 2.11. The highest BCUT2D eigenvalue weighted by Crippen LogP contribution is 2.26. The average Bonchev–Trinajstić information content (AvgIpc) is 2.78. The van der Waals surface area contributed by atoms with Crippen LogP contribution in [0.3, 0.4) is 0 Å². The van der Waals surface area contributed by atoms with Crippen LogP contribution in [0.2, 0.25) is 0 Å². The van der Waals surface area contributed by atoms with Crippen molar-refractivity contribution in [3.63, 3.8) is 0 Å². The first-order valence-corrected chi connectivity index (χ1v) is 9.57. The van der Waals surface area contributed by atoms with Gasteiger partial charge in [-0.05, 0) is 42.3 Å². The van der Waals surface area contributed by atoms with E-state index in [1.54, 1.807) is 7.11 Å². The SMILES string of the molecule is COc1ccc(C(C)N=Nc2nc3ccccc3nc2Cc2ccccc2)cc1. The van der Waals surface area contributed by atoms with Gasteiger partial charge >= 0.3 is 0 Å². The molecule has 0 fully saturated rings. The Balaban J connectivity index is 1.66. The minimum absolute atomic E-state index is 0.0984. The van der Waals surface area contributed by atoms with Gasteiger partial charge in [0.2, 0.25) is 0 Å². The molecule has 3 aromatic carbocycles. The van der Waals surface area contributed by atoms with E-state index in [-0.39, 0.29) is 6.04 Å². The van der Waals surface area contributed by atoms with Gasteiger partial charge in [0.05, 0.1) is 29.9 Å². The summed E-state index contributed by atoms with van der Waals surface area (Å²) < 4.78 is 5.22. The van der Waals surface area contributed by atoms with Gasteiger partial charge in [0.25, 0.3) is 0 Å². The van der Waals surface area contributed by atoms with Crippen molar-refractivity contribution >= 4 is 16.9 Å². The van der Waals surface area contributed by atoms with E-state index in [1.165, 1.54) is 0 Å². The van der Waals surface area contributed by atoms with E-state index >= 15 is 0 Å². The summed E-state index contributed by atoms with van der Waals surface area (Å²) in [6, 6.07) is 25.8. The summed E-state index contributed by atoms with van der Waals surface area (Å²) in [4.78, 5) is 9.53. The summed E-state index contributed by atoms with van der Waals surface area (Å²) >= 11 is 0. The molecule has 5 nitrogen and oxygen atoms in total. The van der Waals surface area contributed by atoms with Crippen molar-refractivity contribution in [1.29, 1.82) is 0 Å². The van der Waals surface area contributed by atoms with E-state index in [2.05, 4.69) is 22.4 Å². The van der Waals surface area contributed by atoms with Gasteiger partial charge in [-0.3, -0.25) is 0 Å². The van der Waals surface area contributed by atoms with Crippen LogP contribution in [-0.4, -0.2) is 17.1 Å². The van der Waals surface area contributed by atoms with Gasteiger partial charge in [0.1, 0.15) is 5.75 Å². The van der Waals surface area contributed by atoms with Gasteiger partial charge in [-0.15, -0.1) is 5.11 Å². The molecule has 4 rings (SSSR count). The molecule has 0 bridgehead atoms. The van der Waals surface area contributed by atoms with E-state index in [0.717, 1.165) is 33.6 Å². The van der Waals surface area contributed by atoms with Crippen LogP contribution >= 0.6 is 0 Å². The molecule has 1 aromatic heterocycles. The minimum atomic E-state index is -0.0984. The number of ether oxygens (including phenoxy) is 1. The number of hydrogen-bond donors (Lipinski definition) is 0. The standard InChI is InChI=1S/C24H22N4O/c1-17(19-12-14-20(29-2)15-13-19)27-28-24-23(16-18-8-4-3-5-9-18)25-21-10-6-7-11-22(21)26-24/h3-15,17H,16H2,1-2H3. The first kappa shape index (κ1) is 18.7. The minimum Gasteiger partial charge on any atom is -0.497 e. The molecule has 0 saturated heterocycles. The highest BCUT2D eigenvalue weighted by molar-refractivity contribution is 5.75. The Labute approximate surface area is 170 Å². The quantitative estimate of drug-likeness (QED) is 0.380. The van der Waals surface area contributed by atoms with Crippen molar-refractivity contribution in [3.05, 3.63) is 95.7 Å². The zero-order chi connectivity index (χ0) is 20.1. The zero-order valence-corrected chi connectivity index (χ0v) is 16.5. The molecule has 0 aliphatic rings. The van der Waals surface area contributed by atoms with Crippen LogP contribution in [0.25, 0.3) is 11.0 Å². The Kier molecular flexibility index (Phi) is 5.56. The van der Waals surface area contributed by atoms with Crippen LogP contribution in [0.5, 0.6) is 5.75 Å². The van der Waals surface area contributed by atoms with Crippen LogP contribution in [0.1, 0.15) is 29.8 Å². The van der Waals surface area contributed by atoms with Crippen molar-refractivity contribution in [3.8, 4) is 5.75 Å². The molecule has 0 amide bonds. The van der Waals surface area contributed by atoms with Crippen molar-refractivity contribution < 1.29 is 4.74 Å². The van der Waals surface area contributed by atoms with Crippen molar-refractivity contribution in [2.75, 3.05) is 7.11 Å². The number of benzene rings is 3. The summed E-state index contributed by atoms with van der Waals surface area (Å²) in [5.74, 6) is 1.39. The maximum absolute atomic E-state index is 5.22. The van der Waals surface area contributed by atoms with Gasteiger partial charge in [-0.25, -0.2) is 9.97 Å². The van der Waals surface area contributed by atoms with Crippen LogP contribution in [0.4, 0.5) is 5.82 Å². The van der Waals surface area contributed by atoms with Gasteiger partial charge in [-0.1, -0.05) is 54.6 Å². The molecule has 5 heteroatoms. The van der Waals surface area contributed by atoms with Crippen molar-refractivity contribution in [2.45, 2.75) is 19.4 Å². The lowest BCUT2D eigenvalue weighted by Crippen LogP contribution is -1.97. The summed E-state index contributed by atoms with van der Waals surface area (Å²) in [6.07, 6.45) is 0.657. The highest BCUT2D eigenvalue weighted by atomic mass is 16.5. The Morgan fingerprint density at radius 2 is 1.48 bits per heavy atom. The monoisotopic (exact) mass is 382 g/mol. The Morgan fingerprint density at radius 3 is 2.17 bits per heavy atom. The Morgan fingerprint density at radius 1 is 0.828 bits per heavy atom. The number of fused-ring (bicyclic) bond motifs is 1. The fraction of sp³-hybridized carbons (Fsp3) is 0.167. The van der Waals surface area contributed by atoms with E-state index in [1.807, 2.05) is 73.7 Å². The third kappa shape index (κ3) is 4.46. The predicted octanol–water partition coefficient (Wildman–Crippen LogP) is 6.07. The van der Waals surface area contributed by atoms with Crippen LogP contribution < -0.4 is 4.74 Å². The lowest BCUT2D eigenvalue weighted by molar-refractivity contribution is 0.414. The predicted molar refractivity (Wildman–Crippen MR) is 115 cm³/mol. The largest absolute Gasteiger partial charge is 0.497 e. The maximum atomic E-state index is 5.22. The van der Waals surface area contributed by atoms with Crippen LogP contribution in [0.15, 0.2) is 89.1 Å². The van der Waals surface area contributed by atoms with Crippen LogP contribution in [0, 0.1) is 0 Å². The normalized spacial score (nSPS) is 12.3. The van der Waals surface area contributed by atoms with Crippen molar-refractivity contribution in [2.24, 2.45) is 10.2 Å².